The molecule has 1 heterocycles. The van der Waals surface area contributed by atoms with Gasteiger partial charge >= 0.3 is 6.03 Å². The van der Waals surface area contributed by atoms with E-state index in [2.05, 4.69) is 5.32 Å². The van der Waals surface area contributed by atoms with E-state index < -0.39 is 18.6 Å². The van der Waals surface area contributed by atoms with Gasteiger partial charge in [-0.3, -0.25) is 0 Å². The predicted molar refractivity (Wildman–Crippen MR) is 86.5 cm³/mol. The smallest absolute Gasteiger partial charge is 0.322 e. The number of carbonyl (C=O) groups excluding carboxylic acids is 1. The van der Waals surface area contributed by atoms with Crippen LogP contribution in [0.1, 0.15) is 25.0 Å². The molecule has 0 radical (unpaired) electrons. The van der Waals surface area contributed by atoms with E-state index in [1.54, 1.807) is 0 Å². The Hall–Kier alpha value is -1.40. The van der Waals surface area contributed by atoms with Gasteiger partial charge in [0.1, 0.15) is 6.10 Å². The second-order valence-electron chi connectivity index (χ2n) is 5.39. The number of amides is 2. The Morgan fingerprint density at radius 2 is 2.17 bits per heavy atom. The maximum Gasteiger partial charge on any atom is 0.322 e. The molecule has 1 atom stereocenters. The highest BCUT2D eigenvalue weighted by Gasteiger charge is 2.30. The van der Waals surface area contributed by atoms with Crippen molar-refractivity contribution in [2.75, 3.05) is 25.0 Å². The Bertz CT molecular complexity index is 569. The van der Waals surface area contributed by atoms with Crippen molar-refractivity contribution in [3.8, 4) is 0 Å². The van der Waals surface area contributed by atoms with Gasteiger partial charge in [0.2, 0.25) is 0 Å². The van der Waals surface area contributed by atoms with Gasteiger partial charge in [-0.2, -0.15) is 0 Å². The van der Waals surface area contributed by atoms with E-state index >= 15 is 0 Å². The van der Waals surface area contributed by atoms with Crippen LogP contribution in [0.4, 0.5) is 19.3 Å². The molecule has 1 aliphatic rings. The largest absolute Gasteiger partial charge is 0.369 e. The summed E-state index contributed by atoms with van der Waals surface area (Å²) < 4.78 is 30.5. The van der Waals surface area contributed by atoms with Gasteiger partial charge in [0.15, 0.2) is 0 Å². The van der Waals surface area contributed by atoms with Crippen LogP contribution in [0.2, 0.25) is 5.02 Å². The van der Waals surface area contributed by atoms with Gasteiger partial charge in [0, 0.05) is 11.6 Å². The van der Waals surface area contributed by atoms with Crippen molar-refractivity contribution in [1.82, 2.24) is 4.90 Å². The predicted octanol–water partition coefficient (Wildman–Crippen LogP) is 3.96. The van der Waals surface area contributed by atoms with Crippen molar-refractivity contribution in [2.24, 2.45) is 0 Å². The molecule has 0 saturated carbocycles. The first-order valence-electron chi connectivity index (χ1n) is 7.73. The van der Waals surface area contributed by atoms with E-state index in [0.717, 1.165) is 17.5 Å². The van der Waals surface area contributed by atoms with E-state index in [-0.39, 0.29) is 13.2 Å². The minimum absolute atomic E-state index is 0.110. The van der Waals surface area contributed by atoms with E-state index in [0.29, 0.717) is 23.7 Å². The van der Waals surface area contributed by atoms with Crippen molar-refractivity contribution >= 4 is 23.3 Å². The second-order valence-corrected chi connectivity index (χ2v) is 5.79. The molecule has 2 rings (SSSR count). The van der Waals surface area contributed by atoms with Crippen LogP contribution < -0.4 is 5.32 Å². The first-order valence-corrected chi connectivity index (χ1v) is 8.11. The molecule has 0 aromatic heterocycles. The minimum atomic E-state index is -2.60. The number of alkyl halides is 2. The van der Waals surface area contributed by atoms with Crippen LogP contribution in [0.25, 0.3) is 0 Å². The van der Waals surface area contributed by atoms with Crippen LogP contribution in [-0.4, -0.2) is 43.2 Å². The molecule has 0 spiro atoms. The number of morpholine rings is 1. The average molecular weight is 347 g/mol. The fourth-order valence-corrected chi connectivity index (χ4v) is 2.96. The average Bonchev–Trinajstić information content (AvgIpc) is 2.55. The second kappa shape index (κ2) is 7.93. The first kappa shape index (κ1) is 17.9. The molecule has 1 unspecified atom stereocenters. The first-order chi connectivity index (χ1) is 11.0. The van der Waals surface area contributed by atoms with Crippen LogP contribution in [0.3, 0.4) is 0 Å². The zero-order chi connectivity index (χ0) is 17.0. The number of halogens is 3. The molecule has 4 nitrogen and oxygen atoms in total. The van der Waals surface area contributed by atoms with Crippen LogP contribution in [0.15, 0.2) is 12.1 Å². The van der Waals surface area contributed by atoms with Crippen molar-refractivity contribution < 1.29 is 18.3 Å². The summed E-state index contributed by atoms with van der Waals surface area (Å²) in [6.45, 7) is 4.22. The fourth-order valence-electron chi connectivity index (χ4n) is 2.67. The molecule has 1 saturated heterocycles. The van der Waals surface area contributed by atoms with Gasteiger partial charge in [-0.05, 0) is 30.0 Å². The Labute approximate surface area is 139 Å². The summed E-state index contributed by atoms with van der Waals surface area (Å²) in [7, 11) is 0. The van der Waals surface area contributed by atoms with Crippen molar-refractivity contribution in [1.29, 1.82) is 0 Å². The lowest BCUT2D eigenvalue weighted by atomic mass is 10.0. The highest BCUT2D eigenvalue weighted by molar-refractivity contribution is 6.31. The number of carbonyl (C=O) groups is 1. The summed E-state index contributed by atoms with van der Waals surface area (Å²) in [6.07, 6.45) is -2.42. The minimum Gasteiger partial charge on any atom is -0.369 e. The highest BCUT2D eigenvalue weighted by atomic mass is 35.5. The van der Waals surface area contributed by atoms with E-state index in [4.69, 9.17) is 16.3 Å². The third-order valence-corrected chi connectivity index (χ3v) is 4.32. The lowest BCUT2D eigenvalue weighted by Gasteiger charge is -2.33. The summed E-state index contributed by atoms with van der Waals surface area (Å²) in [5.74, 6) is 0. The molecular weight excluding hydrogens is 326 g/mol. The lowest BCUT2D eigenvalue weighted by molar-refractivity contribution is -0.0916. The Kier molecular flexibility index (Phi) is 6.18. The quantitative estimate of drug-likeness (QED) is 0.896. The molecule has 1 fully saturated rings. The molecule has 0 bridgehead atoms. The molecule has 1 N–H and O–H groups in total. The van der Waals surface area contributed by atoms with Crippen LogP contribution in [0.5, 0.6) is 0 Å². The molecule has 128 valence electrons. The third-order valence-electron chi connectivity index (χ3n) is 3.97. The maximum absolute atomic E-state index is 12.8. The van der Waals surface area contributed by atoms with Crippen LogP contribution in [0, 0.1) is 0 Å². The number of rotatable bonds is 4. The topological polar surface area (TPSA) is 41.6 Å². The number of hydrogen-bond donors (Lipinski definition) is 1. The monoisotopic (exact) mass is 346 g/mol. The normalized spacial score (nSPS) is 18.3. The SMILES string of the molecule is CCc1ccc(Cl)c(CC)c1NC(=O)N1CCOC(C(F)F)C1. The van der Waals surface area contributed by atoms with Crippen LogP contribution >= 0.6 is 11.6 Å². The highest BCUT2D eigenvalue weighted by Crippen LogP contribution is 2.30. The fraction of sp³-hybridized carbons (Fsp3) is 0.562. The molecule has 23 heavy (non-hydrogen) atoms. The van der Waals surface area contributed by atoms with Crippen molar-refractivity contribution in [2.45, 2.75) is 39.2 Å². The standard InChI is InChI=1S/C16H21ClF2N2O2/c1-3-10-5-6-12(17)11(4-2)14(10)20-16(22)21-7-8-23-13(9-21)15(18)19/h5-6,13,15H,3-4,7-9H2,1-2H3,(H,20,22). The number of ether oxygens (including phenoxy) is 1. The number of nitrogens with zero attached hydrogens (tertiary/aromatic N) is 1. The lowest BCUT2D eigenvalue weighted by Crippen LogP contribution is -2.49. The summed E-state index contributed by atoms with van der Waals surface area (Å²) in [5, 5.41) is 3.44. The number of nitrogens with one attached hydrogen (secondary N) is 1. The van der Waals surface area contributed by atoms with E-state index in [1.807, 2.05) is 26.0 Å². The third kappa shape index (κ3) is 4.12. The zero-order valence-corrected chi connectivity index (χ0v) is 14.0. The molecule has 2 amide bonds. The summed E-state index contributed by atoms with van der Waals surface area (Å²) in [6, 6.07) is 3.29. The van der Waals surface area contributed by atoms with Crippen LogP contribution in [-0.2, 0) is 17.6 Å². The van der Waals surface area contributed by atoms with Gasteiger partial charge in [-0.15, -0.1) is 0 Å². The van der Waals surface area contributed by atoms with Gasteiger partial charge in [-0.25, -0.2) is 13.6 Å². The zero-order valence-electron chi connectivity index (χ0n) is 13.2. The van der Waals surface area contributed by atoms with Gasteiger partial charge < -0.3 is 15.0 Å². The maximum atomic E-state index is 12.8. The number of aryl methyl sites for hydroxylation is 1. The summed E-state index contributed by atoms with van der Waals surface area (Å²) in [4.78, 5) is 13.8. The number of benzene rings is 1. The number of hydrogen-bond acceptors (Lipinski definition) is 2. The Morgan fingerprint density at radius 1 is 1.43 bits per heavy atom. The van der Waals surface area contributed by atoms with Gasteiger partial charge in [0.25, 0.3) is 6.43 Å². The molecule has 1 aromatic carbocycles. The van der Waals surface area contributed by atoms with Gasteiger partial charge in [-0.1, -0.05) is 31.5 Å². The van der Waals surface area contributed by atoms with E-state index in [9.17, 15) is 13.6 Å². The molecule has 1 aliphatic heterocycles. The molecular formula is C16H21ClF2N2O2. The molecule has 7 heteroatoms. The van der Waals surface area contributed by atoms with E-state index in [1.165, 1.54) is 4.90 Å². The summed E-state index contributed by atoms with van der Waals surface area (Å²) in [5.41, 5.74) is 2.52. The van der Waals surface area contributed by atoms with Crippen molar-refractivity contribution in [3.05, 3.63) is 28.3 Å². The van der Waals surface area contributed by atoms with Crippen molar-refractivity contribution in [3.63, 3.8) is 0 Å². The summed E-state index contributed by atoms with van der Waals surface area (Å²) >= 11 is 6.21. The molecule has 1 aromatic rings. The Balaban J connectivity index is 2.18. The Morgan fingerprint density at radius 3 is 2.78 bits per heavy atom. The number of anilines is 1. The van der Waals surface area contributed by atoms with Gasteiger partial charge in [0.05, 0.1) is 18.8 Å². The molecule has 0 aliphatic carbocycles. The number of urea groups is 1.